The Labute approximate surface area is 151 Å². The van der Waals surface area contributed by atoms with Crippen LogP contribution in [0, 0.1) is 0 Å². The Morgan fingerprint density at radius 1 is 0.920 bits per heavy atom. The van der Waals surface area contributed by atoms with Gasteiger partial charge in [-0.25, -0.2) is 4.79 Å². The van der Waals surface area contributed by atoms with Crippen LogP contribution in [-0.2, 0) is 0 Å². The van der Waals surface area contributed by atoms with Crippen LogP contribution in [0.15, 0.2) is 29.6 Å². The van der Waals surface area contributed by atoms with Gasteiger partial charge in [0, 0.05) is 39.3 Å². The van der Waals surface area contributed by atoms with Crippen LogP contribution in [0.25, 0.3) is 0 Å². The standard InChI is InChI=1S/C17H22N6OS/c24-17(18-16-4-3-13-25-16)23-11-9-22(10-12-23)15-6-5-14(19-20-15)21-7-1-2-8-21/h3-6,13H,1-2,7-12H2,(H,18,24). The average Bonchev–Trinajstić information content (AvgIpc) is 3.36. The smallest absolute Gasteiger partial charge is 0.322 e. The monoisotopic (exact) mass is 358 g/mol. The minimum atomic E-state index is -0.0300. The summed E-state index contributed by atoms with van der Waals surface area (Å²) in [7, 11) is 0. The van der Waals surface area contributed by atoms with Gasteiger partial charge in [0.05, 0.1) is 5.00 Å². The van der Waals surface area contributed by atoms with Gasteiger partial charge in [0.1, 0.15) is 0 Å². The van der Waals surface area contributed by atoms with Crippen LogP contribution in [-0.4, -0.2) is 60.4 Å². The third-order valence-corrected chi connectivity index (χ3v) is 5.49. The Morgan fingerprint density at radius 3 is 2.12 bits per heavy atom. The normalized spacial score (nSPS) is 17.8. The van der Waals surface area contributed by atoms with E-state index < -0.39 is 0 Å². The van der Waals surface area contributed by atoms with Crippen molar-refractivity contribution in [2.45, 2.75) is 12.8 Å². The van der Waals surface area contributed by atoms with Gasteiger partial charge < -0.3 is 14.7 Å². The van der Waals surface area contributed by atoms with Crippen molar-refractivity contribution in [2.24, 2.45) is 0 Å². The molecule has 0 atom stereocenters. The number of rotatable bonds is 3. The average molecular weight is 358 g/mol. The van der Waals surface area contributed by atoms with Crippen molar-refractivity contribution in [1.29, 1.82) is 0 Å². The van der Waals surface area contributed by atoms with E-state index in [1.54, 1.807) is 0 Å². The molecule has 0 bridgehead atoms. The van der Waals surface area contributed by atoms with Crippen molar-refractivity contribution >= 4 is 34.0 Å². The highest BCUT2D eigenvalue weighted by atomic mass is 32.1. The highest BCUT2D eigenvalue weighted by Crippen LogP contribution is 2.20. The van der Waals surface area contributed by atoms with Crippen LogP contribution < -0.4 is 15.1 Å². The van der Waals surface area contributed by atoms with Crippen molar-refractivity contribution in [2.75, 3.05) is 54.4 Å². The van der Waals surface area contributed by atoms with Crippen LogP contribution >= 0.6 is 11.3 Å². The van der Waals surface area contributed by atoms with Gasteiger partial charge in [-0.05, 0) is 42.5 Å². The van der Waals surface area contributed by atoms with Crippen molar-refractivity contribution in [1.82, 2.24) is 15.1 Å². The lowest BCUT2D eigenvalue weighted by Gasteiger charge is -2.35. The molecule has 1 N–H and O–H groups in total. The van der Waals surface area contributed by atoms with E-state index in [1.165, 1.54) is 24.2 Å². The SMILES string of the molecule is O=C(Nc1cccs1)N1CCN(c2ccc(N3CCCC3)nn2)CC1. The molecule has 0 aliphatic carbocycles. The summed E-state index contributed by atoms with van der Waals surface area (Å²) >= 11 is 1.53. The molecule has 0 spiro atoms. The number of carbonyl (C=O) groups excluding carboxylic acids is 1. The summed E-state index contributed by atoms with van der Waals surface area (Å²) in [4.78, 5) is 18.6. The number of amides is 2. The summed E-state index contributed by atoms with van der Waals surface area (Å²) in [5.74, 6) is 1.86. The van der Waals surface area contributed by atoms with E-state index in [0.29, 0.717) is 13.1 Å². The molecule has 2 aliphatic rings. The Morgan fingerprint density at radius 2 is 1.56 bits per heavy atom. The zero-order valence-corrected chi connectivity index (χ0v) is 14.9. The Balaban J connectivity index is 1.31. The molecule has 7 nitrogen and oxygen atoms in total. The summed E-state index contributed by atoms with van der Waals surface area (Å²) in [6, 6.07) is 7.92. The van der Waals surface area contributed by atoms with E-state index >= 15 is 0 Å². The maximum Gasteiger partial charge on any atom is 0.322 e. The fourth-order valence-corrected chi connectivity index (χ4v) is 3.88. The van der Waals surface area contributed by atoms with Crippen LogP contribution in [0.2, 0.25) is 0 Å². The summed E-state index contributed by atoms with van der Waals surface area (Å²) < 4.78 is 0. The lowest BCUT2D eigenvalue weighted by molar-refractivity contribution is 0.208. The molecule has 2 aliphatic heterocycles. The molecule has 0 radical (unpaired) electrons. The third-order valence-electron chi connectivity index (χ3n) is 4.71. The van der Waals surface area contributed by atoms with Crippen molar-refractivity contribution in [3.05, 3.63) is 29.6 Å². The van der Waals surface area contributed by atoms with Gasteiger partial charge in [-0.3, -0.25) is 5.32 Å². The molecule has 0 saturated carbocycles. The van der Waals surface area contributed by atoms with Crippen LogP contribution in [0.4, 0.5) is 21.4 Å². The van der Waals surface area contributed by atoms with E-state index in [0.717, 1.165) is 42.8 Å². The van der Waals surface area contributed by atoms with Gasteiger partial charge in [0.25, 0.3) is 0 Å². The molecule has 2 fully saturated rings. The molecule has 2 aromatic heterocycles. The fourth-order valence-electron chi connectivity index (χ4n) is 3.27. The number of hydrogen-bond donors (Lipinski definition) is 1. The highest BCUT2D eigenvalue weighted by molar-refractivity contribution is 7.14. The Bertz CT molecular complexity index is 690. The zero-order valence-electron chi connectivity index (χ0n) is 14.1. The van der Waals surface area contributed by atoms with E-state index in [-0.39, 0.29) is 6.03 Å². The molecule has 0 aromatic carbocycles. The zero-order chi connectivity index (χ0) is 17.1. The number of hydrogen-bond acceptors (Lipinski definition) is 6. The predicted molar refractivity (Wildman–Crippen MR) is 101 cm³/mol. The number of anilines is 3. The number of urea groups is 1. The van der Waals surface area contributed by atoms with Gasteiger partial charge in [-0.2, -0.15) is 0 Å². The minimum absolute atomic E-state index is 0.0300. The number of carbonyl (C=O) groups is 1. The molecule has 8 heteroatoms. The van der Waals surface area contributed by atoms with Gasteiger partial charge >= 0.3 is 6.03 Å². The van der Waals surface area contributed by atoms with Crippen LogP contribution in [0.1, 0.15) is 12.8 Å². The molecule has 4 rings (SSSR count). The molecule has 4 heterocycles. The molecule has 0 unspecified atom stereocenters. The summed E-state index contributed by atoms with van der Waals surface area (Å²) in [5.41, 5.74) is 0. The van der Waals surface area contributed by atoms with Gasteiger partial charge in [-0.1, -0.05) is 0 Å². The number of aromatic nitrogens is 2. The summed E-state index contributed by atoms with van der Waals surface area (Å²) in [6.45, 7) is 5.07. The number of nitrogens with one attached hydrogen (secondary N) is 1. The molecule has 25 heavy (non-hydrogen) atoms. The molecule has 2 amide bonds. The van der Waals surface area contributed by atoms with Crippen molar-refractivity contribution in [3.63, 3.8) is 0 Å². The second-order valence-electron chi connectivity index (χ2n) is 6.33. The fraction of sp³-hybridized carbons (Fsp3) is 0.471. The Hall–Kier alpha value is -2.35. The first-order chi connectivity index (χ1) is 12.3. The quantitative estimate of drug-likeness (QED) is 0.913. The van der Waals surface area contributed by atoms with Crippen molar-refractivity contribution in [3.8, 4) is 0 Å². The van der Waals surface area contributed by atoms with Gasteiger partial charge in [-0.15, -0.1) is 21.5 Å². The first kappa shape index (κ1) is 16.1. The van der Waals surface area contributed by atoms with E-state index in [9.17, 15) is 4.79 Å². The topological polar surface area (TPSA) is 64.6 Å². The minimum Gasteiger partial charge on any atom is -0.355 e. The second kappa shape index (κ2) is 7.26. The number of thiophene rings is 1. The van der Waals surface area contributed by atoms with Gasteiger partial charge in [0.2, 0.25) is 0 Å². The maximum absolute atomic E-state index is 12.3. The molecular formula is C17H22N6OS. The molecule has 132 valence electrons. The predicted octanol–water partition coefficient (Wildman–Crippen LogP) is 2.49. The first-order valence-corrected chi connectivity index (χ1v) is 9.61. The van der Waals surface area contributed by atoms with Gasteiger partial charge in [0.15, 0.2) is 11.6 Å². The highest BCUT2D eigenvalue weighted by Gasteiger charge is 2.23. The van der Waals surface area contributed by atoms with Crippen LogP contribution in [0.3, 0.4) is 0 Å². The molecular weight excluding hydrogens is 336 g/mol. The third kappa shape index (κ3) is 3.68. The number of piperazine rings is 1. The lowest BCUT2D eigenvalue weighted by Crippen LogP contribution is -2.50. The van der Waals surface area contributed by atoms with E-state index in [2.05, 4.69) is 31.4 Å². The Kier molecular flexibility index (Phi) is 4.69. The van der Waals surface area contributed by atoms with Crippen LogP contribution in [0.5, 0.6) is 0 Å². The lowest BCUT2D eigenvalue weighted by atomic mass is 10.3. The first-order valence-electron chi connectivity index (χ1n) is 8.73. The van der Waals surface area contributed by atoms with E-state index in [4.69, 9.17) is 0 Å². The summed E-state index contributed by atoms with van der Waals surface area (Å²) in [6.07, 6.45) is 2.47. The number of nitrogens with zero attached hydrogens (tertiary/aromatic N) is 5. The summed E-state index contributed by atoms with van der Waals surface area (Å²) in [5, 5.41) is 14.6. The second-order valence-corrected chi connectivity index (χ2v) is 7.27. The maximum atomic E-state index is 12.3. The molecule has 2 saturated heterocycles. The van der Waals surface area contributed by atoms with Crippen molar-refractivity contribution < 1.29 is 4.79 Å². The molecule has 2 aromatic rings. The largest absolute Gasteiger partial charge is 0.355 e. The van der Waals surface area contributed by atoms with E-state index in [1.807, 2.05) is 28.5 Å².